The van der Waals surface area contributed by atoms with Gasteiger partial charge in [0.15, 0.2) is 5.65 Å². The third-order valence-corrected chi connectivity index (χ3v) is 6.59. The molecule has 0 spiro atoms. The third kappa shape index (κ3) is 4.63. The molecule has 34 heavy (non-hydrogen) atoms. The van der Waals surface area contributed by atoms with Crippen LogP contribution in [0.5, 0.6) is 0 Å². The second kappa shape index (κ2) is 9.84. The highest BCUT2D eigenvalue weighted by atomic mass is 16.3. The van der Waals surface area contributed by atoms with E-state index in [1.54, 1.807) is 40.5 Å². The first-order chi connectivity index (χ1) is 16.3. The summed E-state index contributed by atoms with van der Waals surface area (Å²) in [6, 6.07) is 5.14. The molecule has 1 aliphatic carbocycles. The van der Waals surface area contributed by atoms with E-state index in [1.165, 1.54) is 6.20 Å². The molecule has 10 heteroatoms. The lowest BCUT2D eigenvalue weighted by Crippen LogP contribution is -2.42. The minimum absolute atomic E-state index is 0.0209. The topological polar surface area (TPSA) is 126 Å². The summed E-state index contributed by atoms with van der Waals surface area (Å²) >= 11 is 0. The van der Waals surface area contributed by atoms with Gasteiger partial charge in [0.2, 0.25) is 0 Å². The number of carbonyl (C=O) groups excluding carboxylic acids is 1. The maximum atomic E-state index is 13.2. The lowest BCUT2D eigenvalue weighted by Gasteiger charge is -2.25. The van der Waals surface area contributed by atoms with E-state index >= 15 is 0 Å². The second-order valence-electron chi connectivity index (χ2n) is 9.21. The van der Waals surface area contributed by atoms with E-state index in [0.717, 1.165) is 25.7 Å². The van der Waals surface area contributed by atoms with E-state index in [0.29, 0.717) is 28.5 Å². The Kier molecular flexibility index (Phi) is 6.87. The van der Waals surface area contributed by atoms with Crippen LogP contribution in [0.2, 0.25) is 0 Å². The summed E-state index contributed by atoms with van der Waals surface area (Å²) < 4.78 is 3.20. The maximum absolute atomic E-state index is 13.2. The first-order valence-corrected chi connectivity index (χ1v) is 11.8. The van der Waals surface area contributed by atoms with Gasteiger partial charge in [-0.3, -0.25) is 9.59 Å². The molecule has 1 saturated carbocycles. The molecule has 0 saturated heterocycles. The maximum Gasteiger partial charge on any atom is 0.274 e. The molecule has 1 aliphatic rings. The number of fused-ring (bicyclic) bond motifs is 1. The van der Waals surface area contributed by atoms with Crippen molar-refractivity contribution >= 4 is 28.9 Å². The Hall–Kier alpha value is -3.40. The Labute approximate surface area is 198 Å². The van der Waals surface area contributed by atoms with Gasteiger partial charge in [-0.15, -0.1) is 0 Å². The molecule has 0 bridgehead atoms. The number of pyridine rings is 1. The largest absolute Gasteiger partial charge is 0.393 e. The molecule has 182 valence electrons. The molecule has 3 aromatic rings. The lowest BCUT2D eigenvalue weighted by molar-refractivity contribution is 0.0793. The standard InChI is InChI=1S/C24H33N7O3/c1-14(2)30-11-7-9-18(24(30)34)27-20-12-21(25-4)31-22(29-20)16(13-26-31)23(33)28-17-8-5-6-10-19(32)15(17)3/h7,9,11-15,17,19,25,32H,5-6,8,10H2,1-4H3,(H,27,29)(H,28,33)/t15-,17?,19+/m1/s1. The zero-order valence-corrected chi connectivity index (χ0v) is 20.1. The normalized spacial score (nSPS) is 20.8. The van der Waals surface area contributed by atoms with E-state index in [-0.39, 0.29) is 29.5 Å². The molecule has 1 fully saturated rings. The number of amides is 1. The van der Waals surface area contributed by atoms with Crippen LogP contribution in [0.15, 0.2) is 35.4 Å². The van der Waals surface area contributed by atoms with Crippen LogP contribution in [0.3, 0.4) is 0 Å². The van der Waals surface area contributed by atoms with Gasteiger partial charge >= 0.3 is 0 Å². The van der Waals surface area contributed by atoms with Gasteiger partial charge in [0.1, 0.15) is 22.9 Å². The van der Waals surface area contributed by atoms with Crippen LogP contribution in [0, 0.1) is 5.92 Å². The number of nitrogens with zero attached hydrogens (tertiary/aromatic N) is 4. The van der Waals surface area contributed by atoms with Crippen LogP contribution in [-0.2, 0) is 0 Å². The highest BCUT2D eigenvalue weighted by Crippen LogP contribution is 2.25. The molecule has 4 rings (SSSR count). The molecule has 1 amide bonds. The monoisotopic (exact) mass is 467 g/mol. The van der Waals surface area contributed by atoms with Gasteiger partial charge in [0.25, 0.3) is 11.5 Å². The van der Waals surface area contributed by atoms with Crippen LogP contribution in [-0.4, -0.2) is 49.4 Å². The van der Waals surface area contributed by atoms with Crippen LogP contribution in [0.1, 0.15) is 62.9 Å². The second-order valence-corrected chi connectivity index (χ2v) is 9.21. The predicted octanol–water partition coefficient (Wildman–Crippen LogP) is 2.93. The fraction of sp³-hybridized carbons (Fsp3) is 0.500. The van der Waals surface area contributed by atoms with E-state index in [2.05, 4.69) is 26.0 Å². The zero-order chi connectivity index (χ0) is 24.4. The van der Waals surface area contributed by atoms with Gasteiger partial charge in [0, 0.05) is 37.3 Å². The highest BCUT2D eigenvalue weighted by molar-refractivity contribution is 6.00. The summed E-state index contributed by atoms with van der Waals surface area (Å²) in [6.07, 6.45) is 6.30. The number of aromatic nitrogens is 4. The molecule has 3 aromatic heterocycles. The fourth-order valence-corrected chi connectivity index (χ4v) is 4.48. The fourth-order valence-electron chi connectivity index (χ4n) is 4.48. The molecule has 4 N–H and O–H groups in total. The average Bonchev–Trinajstić information content (AvgIpc) is 3.18. The third-order valence-electron chi connectivity index (χ3n) is 6.59. The average molecular weight is 468 g/mol. The van der Waals surface area contributed by atoms with Crippen molar-refractivity contribution in [1.82, 2.24) is 24.5 Å². The van der Waals surface area contributed by atoms with E-state index < -0.39 is 6.10 Å². The predicted molar refractivity (Wildman–Crippen MR) is 132 cm³/mol. The lowest BCUT2D eigenvalue weighted by atomic mass is 9.94. The first-order valence-electron chi connectivity index (χ1n) is 11.8. The number of aliphatic hydroxyl groups is 1. The van der Waals surface area contributed by atoms with E-state index in [9.17, 15) is 14.7 Å². The Balaban J connectivity index is 1.67. The summed E-state index contributed by atoms with van der Waals surface area (Å²) in [4.78, 5) is 30.6. The molecular formula is C24H33N7O3. The van der Waals surface area contributed by atoms with Crippen LogP contribution in [0.4, 0.5) is 17.3 Å². The number of hydrogen-bond acceptors (Lipinski definition) is 7. The van der Waals surface area contributed by atoms with Gasteiger partial charge in [0.05, 0.1) is 12.3 Å². The minimum atomic E-state index is -0.428. The van der Waals surface area contributed by atoms with Crippen LogP contribution < -0.4 is 21.5 Å². The Morgan fingerprint density at radius 1 is 1.26 bits per heavy atom. The molecule has 1 unspecified atom stereocenters. The Morgan fingerprint density at radius 2 is 2.03 bits per heavy atom. The van der Waals surface area contributed by atoms with E-state index in [4.69, 9.17) is 0 Å². The SMILES string of the molecule is CNc1cc(Nc2cccn(C(C)C)c2=O)nc2c(C(=O)NC3CCCC[C@H](O)[C@@H]3C)cnn12. The van der Waals surface area contributed by atoms with Gasteiger partial charge in [-0.25, -0.2) is 4.98 Å². The van der Waals surface area contributed by atoms with Crippen molar-refractivity contribution in [2.45, 2.75) is 64.6 Å². The van der Waals surface area contributed by atoms with Gasteiger partial charge in [-0.05, 0) is 38.8 Å². The molecule has 0 radical (unpaired) electrons. The highest BCUT2D eigenvalue weighted by Gasteiger charge is 2.29. The van der Waals surface area contributed by atoms with Crippen molar-refractivity contribution < 1.29 is 9.90 Å². The molecule has 0 aliphatic heterocycles. The molecule has 3 heterocycles. The van der Waals surface area contributed by atoms with Crippen molar-refractivity contribution in [2.75, 3.05) is 17.7 Å². The van der Waals surface area contributed by atoms with Crippen molar-refractivity contribution in [3.63, 3.8) is 0 Å². The number of anilines is 3. The molecule has 3 atom stereocenters. The number of rotatable bonds is 6. The van der Waals surface area contributed by atoms with Gasteiger partial charge < -0.3 is 25.6 Å². The summed E-state index contributed by atoms with van der Waals surface area (Å²) in [6.45, 7) is 5.86. The van der Waals surface area contributed by atoms with Crippen molar-refractivity contribution in [1.29, 1.82) is 0 Å². The summed E-state index contributed by atoms with van der Waals surface area (Å²) in [5.41, 5.74) is 0.937. The summed E-state index contributed by atoms with van der Waals surface area (Å²) in [5.74, 6) is 0.718. The smallest absolute Gasteiger partial charge is 0.274 e. The van der Waals surface area contributed by atoms with Gasteiger partial charge in [-0.2, -0.15) is 9.61 Å². The van der Waals surface area contributed by atoms with Crippen LogP contribution >= 0.6 is 0 Å². The minimum Gasteiger partial charge on any atom is -0.393 e. The quantitative estimate of drug-likeness (QED) is 0.411. The number of carbonyl (C=O) groups is 1. The number of nitrogens with one attached hydrogen (secondary N) is 3. The Morgan fingerprint density at radius 3 is 2.76 bits per heavy atom. The van der Waals surface area contributed by atoms with Crippen molar-refractivity contribution in [2.24, 2.45) is 5.92 Å². The van der Waals surface area contributed by atoms with Crippen LogP contribution in [0.25, 0.3) is 5.65 Å². The van der Waals surface area contributed by atoms with Crippen molar-refractivity contribution in [3.8, 4) is 0 Å². The first kappa shape index (κ1) is 23.7. The van der Waals surface area contributed by atoms with Crippen molar-refractivity contribution in [3.05, 3.63) is 46.5 Å². The molecule has 0 aromatic carbocycles. The number of hydrogen-bond donors (Lipinski definition) is 4. The zero-order valence-electron chi connectivity index (χ0n) is 20.1. The summed E-state index contributed by atoms with van der Waals surface area (Å²) in [5, 5.41) is 23.9. The molecular weight excluding hydrogens is 434 g/mol. The number of aliphatic hydroxyl groups excluding tert-OH is 1. The van der Waals surface area contributed by atoms with E-state index in [1.807, 2.05) is 20.8 Å². The molecule has 10 nitrogen and oxygen atoms in total. The summed E-state index contributed by atoms with van der Waals surface area (Å²) in [7, 11) is 1.75. The van der Waals surface area contributed by atoms with Gasteiger partial charge in [-0.1, -0.05) is 19.8 Å². The Bertz CT molecular complexity index is 1230.